The fourth-order valence-corrected chi connectivity index (χ4v) is 5.96. The van der Waals surface area contributed by atoms with E-state index in [1.807, 2.05) is 60.7 Å². The van der Waals surface area contributed by atoms with E-state index in [-0.39, 0.29) is 23.7 Å². The van der Waals surface area contributed by atoms with Crippen LogP contribution in [0.15, 0.2) is 88.9 Å². The van der Waals surface area contributed by atoms with Gasteiger partial charge in [0, 0.05) is 30.5 Å². The van der Waals surface area contributed by atoms with E-state index in [9.17, 15) is 13.2 Å². The van der Waals surface area contributed by atoms with E-state index < -0.39 is 15.9 Å². The number of carbonyl (C=O) groups excluding carboxylic acids is 1. The summed E-state index contributed by atoms with van der Waals surface area (Å²) >= 11 is 1.39. The van der Waals surface area contributed by atoms with Crippen molar-refractivity contribution in [3.05, 3.63) is 84.4 Å². The summed E-state index contributed by atoms with van der Waals surface area (Å²) in [5.74, 6) is 1.48. The number of carbonyl (C=O) groups is 1. The number of ether oxygens (including phenoxy) is 2. The van der Waals surface area contributed by atoms with Crippen LogP contribution in [0, 0.1) is 0 Å². The van der Waals surface area contributed by atoms with Crippen LogP contribution in [0.5, 0.6) is 11.5 Å². The van der Waals surface area contributed by atoms with Crippen LogP contribution in [-0.4, -0.2) is 73.4 Å². The first-order valence-electron chi connectivity index (χ1n) is 12.5. The van der Waals surface area contributed by atoms with Crippen molar-refractivity contribution in [2.75, 3.05) is 39.6 Å². The molecule has 210 valence electrons. The van der Waals surface area contributed by atoms with Crippen LogP contribution in [0.25, 0.3) is 11.4 Å². The van der Waals surface area contributed by atoms with Gasteiger partial charge in [-0.3, -0.25) is 9.89 Å². The van der Waals surface area contributed by atoms with Gasteiger partial charge >= 0.3 is 0 Å². The monoisotopic (exact) mass is 581 g/mol. The Kier molecular flexibility index (Phi) is 10.2. The van der Waals surface area contributed by atoms with E-state index in [0.717, 1.165) is 11.1 Å². The summed E-state index contributed by atoms with van der Waals surface area (Å²) in [6.07, 6.45) is 0.449. The van der Waals surface area contributed by atoms with Gasteiger partial charge in [0.2, 0.25) is 21.1 Å². The molecular formula is C28H31N5O5S2. The average molecular weight is 582 g/mol. The van der Waals surface area contributed by atoms with Crippen LogP contribution in [-0.2, 0) is 21.2 Å². The van der Waals surface area contributed by atoms with E-state index in [4.69, 9.17) is 9.47 Å². The molecule has 0 radical (unpaired) electrons. The first-order valence-corrected chi connectivity index (χ1v) is 15.0. The number of hydrogen-bond acceptors (Lipinski definition) is 8. The minimum atomic E-state index is -4.01. The highest BCUT2D eigenvalue weighted by molar-refractivity contribution is 7.99. The first kappa shape index (κ1) is 29.1. The molecule has 1 heterocycles. The predicted molar refractivity (Wildman–Crippen MR) is 154 cm³/mol. The van der Waals surface area contributed by atoms with Gasteiger partial charge in [0.25, 0.3) is 0 Å². The highest BCUT2D eigenvalue weighted by Gasteiger charge is 2.27. The van der Waals surface area contributed by atoms with Gasteiger partial charge in [0.05, 0.1) is 25.7 Å². The van der Waals surface area contributed by atoms with Crippen molar-refractivity contribution in [1.29, 1.82) is 0 Å². The lowest BCUT2D eigenvalue weighted by Crippen LogP contribution is -2.42. The van der Waals surface area contributed by atoms with Gasteiger partial charge in [-0.1, -0.05) is 72.4 Å². The molecule has 10 nitrogen and oxygen atoms in total. The molecule has 1 amide bonds. The predicted octanol–water partition coefficient (Wildman–Crippen LogP) is 3.63. The third-order valence-corrected chi connectivity index (χ3v) is 8.66. The maximum absolute atomic E-state index is 13.6. The highest BCUT2D eigenvalue weighted by atomic mass is 32.2. The maximum atomic E-state index is 13.6. The second kappa shape index (κ2) is 14.0. The van der Waals surface area contributed by atoms with Crippen molar-refractivity contribution in [2.24, 2.45) is 0 Å². The number of aromatic nitrogens is 3. The van der Waals surface area contributed by atoms with Crippen molar-refractivity contribution < 1.29 is 22.7 Å². The molecule has 0 atom stereocenters. The normalized spacial score (nSPS) is 11.4. The number of sulfonamides is 1. The zero-order chi connectivity index (χ0) is 28.4. The minimum absolute atomic E-state index is 0.0143. The van der Waals surface area contributed by atoms with Gasteiger partial charge < -0.3 is 14.8 Å². The number of amides is 1. The van der Waals surface area contributed by atoms with Gasteiger partial charge in [-0.05, 0) is 24.1 Å². The molecule has 0 bridgehead atoms. The molecular weight excluding hydrogens is 550 g/mol. The molecule has 0 aliphatic rings. The topological polar surface area (TPSA) is 127 Å². The van der Waals surface area contributed by atoms with Crippen molar-refractivity contribution >= 4 is 27.7 Å². The summed E-state index contributed by atoms with van der Waals surface area (Å²) in [5.41, 5.74) is 1.90. The van der Waals surface area contributed by atoms with Gasteiger partial charge in [0.15, 0.2) is 17.3 Å². The molecule has 3 aromatic carbocycles. The van der Waals surface area contributed by atoms with E-state index in [1.165, 1.54) is 48.5 Å². The number of methoxy groups -OCH3 is 2. The number of rotatable bonds is 14. The molecule has 0 spiro atoms. The van der Waals surface area contributed by atoms with E-state index >= 15 is 0 Å². The van der Waals surface area contributed by atoms with E-state index in [2.05, 4.69) is 20.5 Å². The summed E-state index contributed by atoms with van der Waals surface area (Å²) in [5, 5.41) is 10.5. The maximum Gasteiger partial charge on any atom is 0.243 e. The fourth-order valence-electron chi connectivity index (χ4n) is 3.89. The second-order valence-electron chi connectivity index (χ2n) is 8.62. The lowest BCUT2D eigenvalue weighted by atomic mass is 10.1. The molecule has 0 aliphatic heterocycles. The summed E-state index contributed by atoms with van der Waals surface area (Å²) < 4.78 is 38.9. The largest absolute Gasteiger partial charge is 0.493 e. The highest BCUT2D eigenvalue weighted by Crippen LogP contribution is 2.30. The zero-order valence-electron chi connectivity index (χ0n) is 22.2. The van der Waals surface area contributed by atoms with Crippen LogP contribution in [0.3, 0.4) is 0 Å². The number of benzene rings is 3. The van der Waals surface area contributed by atoms with Crippen molar-refractivity contribution in [1.82, 2.24) is 24.8 Å². The standard InChI is InChI=1S/C28H31N5O5S2/c1-37-24-14-13-23(19-25(24)38-2)40(35,36)33(17-15-21-9-5-3-6-10-21)20-26(34)29-16-18-39-28-30-27(31-32-28)22-11-7-4-8-12-22/h3-14,19H,15-18,20H2,1-2H3,(H,29,34)(H,30,31,32). The number of H-pyrrole nitrogens is 1. The molecule has 40 heavy (non-hydrogen) atoms. The van der Waals surface area contributed by atoms with Crippen molar-refractivity contribution in [3.63, 3.8) is 0 Å². The number of thioether (sulfide) groups is 1. The molecule has 0 fully saturated rings. The first-order chi connectivity index (χ1) is 19.4. The Labute approximate surface area is 238 Å². The Hall–Kier alpha value is -3.87. The summed E-state index contributed by atoms with van der Waals surface area (Å²) in [4.78, 5) is 17.3. The molecule has 2 N–H and O–H groups in total. The van der Waals surface area contributed by atoms with E-state index in [1.54, 1.807) is 0 Å². The van der Waals surface area contributed by atoms with Gasteiger partial charge in [-0.2, -0.15) is 4.31 Å². The minimum Gasteiger partial charge on any atom is -0.493 e. The van der Waals surface area contributed by atoms with Crippen LogP contribution in [0.4, 0.5) is 0 Å². The lowest BCUT2D eigenvalue weighted by Gasteiger charge is -2.22. The number of hydrogen-bond donors (Lipinski definition) is 2. The smallest absolute Gasteiger partial charge is 0.243 e. The second-order valence-corrected chi connectivity index (χ2v) is 11.6. The molecule has 0 unspecified atom stereocenters. The van der Waals surface area contributed by atoms with E-state index in [0.29, 0.717) is 35.4 Å². The molecule has 4 aromatic rings. The molecule has 12 heteroatoms. The number of nitrogens with zero attached hydrogens (tertiary/aromatic N) is 3. The van der Waals surface area contributed by atoms with Gasteiger partial charge in [-0.15, -0.1) is 5.10 Å². The quantitative estimate of drug-likeness (QED) is 0.171. The van der Waals surface area contributed by atoms with Gasteiger partial charge in [-0.25, -0.2) is 13.4 Å². The Morgan fingerprint density at radius 2 is 1.68 bits per heavy atom. The van der Waals surface area contributed by atoms with Crippen molar-refractivity contribution in [3.8, 4) is 22.9 Å². The number of aromatic amines is 1. The molecule has 1 aromatic heterocycles. The Morgan fingerprint density at radius 1 is 0.975 bits per heavy atom. The molecule has 0 aliphatic carbocycles. The lowest BCUT2D eigenvalue weighted by molar-refractivity contribution is -0.121. The van der Waals surface area contributed by atoms with Crippen molar-refractivity contribution in [2.45, 2.75) is 16.5 Å². The third kappa shape index (κ3) is 7.62. The molecule has 0 saturated carbocycles. The van der Waals surface area contributed by atoms with Crippen LogP contribution in [0.1, 0.15) is 5.56 Å². The summed E-state index contributed by atoms with van der Waals surface area (Å²) in [6.45, 7) is 0.122. The summed E-state index contributed by atoms with van der Waals surface area (Å²) in [7, 11) is -1.10. The Bertz CT molecular complexity index is 1500. The fraction of sp³-hybridized carbons (Fsp3) is 0.250. The molecule has 4 rings (SSSR count). The van der Waals surface area contributed by atoms with Crippen LogP contribution < -0.4 is 14.8 Å². The van der Waals surface area contributed by atoms with Crippen LogP contribution in [0.2, 0.25) is 0 Å². The van der Waals surface area contributed by atoms with Gasteiger partial charge in [0.1, 0.15) is 0 Å². The van der Waals surface area contributed by atoms with Crippen LogP contribution >= 0.6 is 11.8 Å². The zero-order valence-corrected chi connectivity index (χ0v) is 23.9. The number of nitrogens with one attached hydrogen (secondary N) is 2. The Balaban J connectivity index is 1.38. The third-order valence-electron chi connectivity index (χ3n) is 5.97. The SMILES string of the molecule is COc1ccc(S(=O)(=O)N(CCc2ccccc2)CC(=O)NCCSc2n[nH]c(-c3ccccc3)n2)cc1OC. The Morgan fingerprint density at radius 3 is 2.38 bits per heavy atom. The average Bonchev–Trinajstić information content (AvgIpc) is 3.47. The summed E-state index contributed by atoms with van der Waals surface area (Å²) in [6, 6.07) is 23.6. The molecule has 0 saturated heterocycles.